The topological polar surface area (TPSA) is 40.5 Å². The van der Waals surface area contributed by atoms with Crippen LogP contribution in [-0.2, 0) is 6.42 Å². The molecule has 0 fully saturated rings. The van der Waals surface area contributed by atoms with Crippen molar-refractivity contribution < 1.29 is 10.2 Å². The molecule has 0 spiro atoms. The van der Waals surface area contributed by atoms with Gasteiger partial charge in [-0.1, -0.05) is 11.6 Å². The van der Waals surface area contributed by atoms with Crippen molar-refractivity contribution in [3.8, 4) is 5.75 Å². The first-order valence-electron chi connectivity index (χ1n) is 4.66. The van der Waals surface area contributed by atoms with E-state index in [2.05, 4.69) is 0 Å². The van der Waals surface area contributed by atoms with Crippen LogP contribution in [0.15, 0.2) is 6.07 Å². The van der Waals surface area contributed by atoms with Crippen LogP contribution < -0.4 is 0 Å². The molecule has 2 nitrogen and oxygen atoms in total. The van der Waals surface area contributed by atoms with Crippen LogP contribution in [0.25, 0.3) is 0 Å². The number of hydrogen-bond acceptors (Lipinski definition) is 2. The first-order chi connectivity index (χ1) is 6.57. The van der Waals surface area contributed by atoms with Crippen LogP contribution in [0.1, 0.15) is 23.1 Å². The molecule has 3 heteroatoms. The fraction of sp³-hybridized carbons (Fsp3) is 0.455. The van der Waals surface area contributed by atoms with Gasteiger partial charge in [0.2, 0.25) is 0 Å². The van der Waals surface area contributed by atoms with Gasteiger partial charge in [-0.15, -0.1) is 0 Å². The van der Waals surface area contributed by atoms with Crippen molar-refractivity contribution in [2.24, 2.45) is 0 Å². The van der Waals surface area contributed by atoms with E-state index in [1.54, 1.807) is 6.07 Å². The van der Waals surface area contributed by atoms with Gasteiger partial charge in [-0.25, -0.2) is 0 Å². The highest BCUT2D eigenvalue weighted by Gasteiger charge is 2.10. The lowest BCUT2D eigenvalue weighted by molar-refractivity contribution is 0.288. The number of aliphatic hydroxyl groups is 1. The van der Waals surface area contributed by atoms with Gasteiger partial charge >= 0.3 is 0 Å². The van der Waals surface area contributed by atoms with Gasteiger partial charge in [-0.05, 0) is 49.4 Å². The zero-order valence-electron chi connectivity index (χ0n) is 8.47. The van der Waals surface area contributed by atoms with Crippen LogP contribution >= 0.6 is 11.6 Å². The first-order valence-corrected chi connectivity index (χ1v) is 5.04. The third kappa shape index (κ3) is 2.20. The predicted octanol–water partition coefficient (Wildman–Crippen LogP) is 2.59. The van der Waals surface area contributed by atoms with Crippen molar-refractivity contribution in [3.05, 3.63) is 27.8 Å². The number of halogens is 1. The summed E-state index contributed by atoms with van der Waals surface area (Å²) < 4.78 is 0. The molecule has 0 bridgehead atoms. The van der Waals surface area contributed by atoms with Crippen LogP contribution in [0.3, 0.4) is 0 Å². The summed E-state index contributed by atoms with van der Waals surface area (Å²) in [6.45, 7) is 3.81. The van der Waals surface area contributed by atoms with Gasteiger partial charge in [0, 0.05) is 11.6 Å². The van der Waals surface area contributed by atoms with Crippen LogP contribution in [0.4, 0.5) is 0 Å². The number of phenols is 1. The molecular weight excluding hydrogens is 200 g/mol. The molecule has 0 saturated heterocycles. The number of hydrogen-bond donors (Lipinski definition) is 2. The first kappa shape index (κ1) is 11.3. The van der Waals surface area contributed by atoms with Gasteiger partial charge in [-0.2, -0.15) is 0 Å². The minimum absolute atomic E-state index is 0.143. The highest BCUT2D eigenvalue weighted by molar-refractivity contribution is 6.31. The summed E-state index contributed by atoms with van der Waals surface area (Å²) >= 11 is 6.05. The molecule has 2 N–H and O–H groups in total. The smallest absolute Gasteiger partial charge is 0.121 e. The van der Waals surface area contributed by atoms with Gasteiger partial charge in [-0.3, -0.25) is 0 Å². The average Bonchev–Trinajstić information content (AvgIpc) is 2.14. The molecule has 1 aromatic carbocycles. The molecule has 0 unspecified atom stereocenters. The van der Waals surface area contributed by atoms with E-state index < -0.39 is 0 Å². The fourth-order valence-electron chi connectivity index (χ4n) is 1.53. The van der Waals surface area contributed by atoms with Crippen molar-refractivity contribution in [2.45, 2.75) is 26.7 Å². The van der Waals surface area contributed by atoms with E-state index >= 15 is 0 Å². The fourth-order valence-corrected chi connectivity index (χ4v) is 1.93. The van der Waals surface area contributed by atoms with Crippen molar-refractivity contribution in [2.75, 3.05) is 6.61 Å². The number of aliphatic hydroxyl groups excluding tert-OH is 1. The quantitative estimate of drug-likeness (QED) is 0.812. The monoisotopic (exact) mass is 214 g/mol. The summed E-state index contributed by atoms with van der Waals surface area (Å²) in [6.07, 6.45) is 1.37. The second-order valence-electron chi connectivity index (χ2n) is 3.45. The van der Waals surface area contributed by atoms with E-state index in [1.165, 1.54) is 0 Å². The Hall–Kier alpha value is -0.730. The molecule has 0 aromatic heterocycles. The lowest BCUT2D eigenvalue weighted by Crippen LogP contribution is -1.96. The maximum atomic E-state index is 9.69. The van der Waals surface area contributed by atoms with E-state index in [-0.39, 0.29) is 6.61 Å². The summed E-state index contributed by atoms with van der Waals surface area (Å²) in [6, 6.07) is 1.76. The van der Waals surface area contributed by atoms with Crippen LogP contribution in [0.2, 0.25) is 5.02 Å². The van der Waals surface area contributed by atoms with E-state index in [0.717, 1.165) is 16.7 Å². The Morgan fingerprint density at radius 1 is 1.36 bits per heavy atom. The van der Waals surface area contributed by atoms with E-state index in [4.69, 9.17) is 16.7 Å². The van der Waals surface area contributed by atoms with Crippen molar-refractivity contribution >= 4 is 11.6 Å². The second-order valence-corrected chi connectivity index (χ2v) is 3.86. The van der Waals surface area contributed by atoms with Crippen LogP contribution in [0.5, 0.6) is 5.75 Å². The van der Waals surface area contributed by atoms with Crippen LogP contribution in [0, 0.1) is 13.8 Å². The second kappa shape index (κ2) is 4.67. The molecule has 0 radical (unpaired) electrons. The molecule has 0 heterocycles. The number of aromatic hydroxyl groups is 1. The maximum Gasteiger partial charge on any atom is 0.121 e. The zero-order chi connectivity index (χ0) is 10.7. The van der Waals surface area contributed by atoms with E-state index in [1.807, 2.05) is 13.8 Å². The molecule has 78 valence electrons. The molecule has 1 aromatic rings. The largest absolute Gasteiger partial charge is 0.507 e. The minimum atomic E-state index is 0.143. The Labute approximate surface area is 89.1 Å². The van der Waals surface area contributed by atoms with Gasteiger partial charge in [0.1, 0.15) is 5.75 Å². The highest BCUT2D eigenvalue weighted by Crippen LogP contribution is 2.31. The van der Waals surface area contributed by atoms with Gasteiger partial charge < -0.3 is 10.2 Å². The number of benzene rings is 1. The number of phenolic OH excluding ortho intramolecular Hbond substituents is 1. The third-order valence-corrected chi connectivity index (χ3v) is 2.74. The number of aryl methyl sites for hydroxylation is 1. The molecule has 0 saturated carbocycles. The highest BCUT2D eigenvalue weighted by atomic mass is 35.5. The summed E-state index contributed by atoms with van der Waals surface area (Å²) in [4.78, 5) is 0. The lowest BCUT2D eigenvalue weighted by atomic mass is 10.0. The zero-order valence-corrected chi connectivity index (χ0v) is 9.23. The maximum absolute atomic E-state index is 9.69. The summed E-state index contributed by atoms with van der Waals surface area (Å²) in [7, 11) is 0. The van der Waals surface area contributed by atoms with Crippen molar-refractivity contribution in [1.82, 2.24) is 0 Å². The predicted molar refractivity (Wildman–Crippen MR) is 58.0 cm³/mol. The Morgan fingerprint density at radius 2 is 2.00 bits per heavy atom. The van der Waals surface area contributed by atoms with E-state index in [9.17, 15) is 5.11 Å². The SMILES string of the molecule is Cc1cc(Cl)c(CCCO)c(C)c1O. The molecule has 0 amide bonds. The molecule has 0 aliphatic carbocycles. The standard InChI is InChI=1S/C11H15ClO2/c1-7-6-10(12)9(4-3-5-13)8(2)11(7)14/h6,13-14H,3-5H2,1-2H3. The minimum Gasteiger partial charge on any atom is -0.507 e. The summed E-state index contributed by atoms with van der Waals surface area (Å²) in [5.41, 5.74) is 2.55. The van der Waals surface area contributed by atoms with Gasteiger partial charge in [0.25, 0.3) is 0 Å². The Kier molecular flexibility index (Phi) is 3.78. The Bertz CT molecular complexity index is 335. The molecule has 0 aliphatic heterocycles. The summed E-state index contributed by atoms with van der Waals surface area (Å²) in [5, 5.41) is 19.1. The van der Waals surface area contributed by atoms with Crippen molar-refractivity contribution in [1.29, 1.82) is 0 Å². The third-order valence-electron chi connectivity index (χ3n) is 2.40. The molecular formula is C11H15ClO2. The summed E-state index contributed by atoms with van der Waals surface area (Å²) in [5.74, 6) is 0.308. The Morgan fingerprint density at radius 3 is 2.57 bits per heavy atom. The normalized spacial score (nSPS) is 10.6. The van der Waals surface area contributed by atoms with E-state index in [0.29, 0.717) is 23.6 Å². The van der Waals surface area contributed by atoms with Crippen molar-refractivity contribution in [3.63, 3.8) is 0 Å². The molecule has 0 atom stereocenters. The molecule has 0 aliphatic rings. The molecule has 14 heavy (non-hydrogen) atoms. The van der Waals surface area contributed by atoms with Gasteiger partial charge in [0.05, 0.1) is 0 Å². The van der Waals surface area contributed by atoms with Gasteiger partial charge in [0.15, 0.2) is 0 Å². The number of rotatable bonds is 3. The lowest BCUT2D eigenvalue weighted by Gasteiger charge is -2.11. The average molecular weight is 215 g/mol. The van der Waals surface area contributed by atoms with Crippen LogP contribution in [-0.4, -0.2) is 16.8 Å². The Balaban J connectivity index is 3.09. The molecule has 1 rings (SSSR count).